The number of carbonyl (C=O) groups excluding carboxylic acids is 1. The average molecular weight is 775 g/mol. The van der Waals surface area contributed by atoms with Crippen LogP contribution in [0.2, 0.25) is 0 Å². The van der Waals surface area contributed by atoms with Gasteiger partial charge in [0.05, 0.1) is 30.5 Å². The normalized spacial score (nSPS) is 42.7. The van der Waals surface area contributed by atoms with Crippen molar-refractivity contribution in [1.82, 2.24) is 10.2 Å². The number of aliphatic hydroxyl groups excluding tert-OH is 1. The van der Waals surface area contributed by atoms with E-state index in [2.05, 4.69) is 58.3 Å². The summed E-state index contributed by atoms with van der Waals surface area (Å²) in [6.45, 7) is 26.5. The van der Waals surface area contributed by atoms with Crippen LogP contribution < -0.4 is 5.32 Å². The minimum Gasteiger partial charge on any atom is -0.481 e. The van der Waals surface area contributed by atoms with E-state index in [0.29, 0.717) is 49.2 Å². The molecule has 0 unspecified atom stereocenters. The lowest BCUT2D eigenvalue weighted by Gasteiger charge is -2.73. The first-order chi connectivity index (χ1) is 24.9. The Morgan fingerprint density at radius 2 is 1.57 bits per heavy atom. The van der Waals surface area contributed by atoms with Crippen LogP contribution in [-0.2, 0) is 24.2 Å². The van der Waals surface area contributed by atoms with Crippen molar-refractivity contribution in [3.8, 4) is 0 Å². The molecule has 10 heteroatoms. The van der Waals surface area contributed by atoms with Gasteiger partial charge in [-0.1, -0.05) is 60.6 Å². The van der Waals surface area contributed by atoms with Crippen molar-refractivity contribution in [3.05, 3.63) is 12.2 Å². The van der Waals surface area contributed by atoms with Crippen molar-refractivity contribution in [2.75, 3.05) is 31.1 Å². The molecule has 3 N–H and O–H groups in total. The van der Waals surface area contributed by atoms with Crippen LogP contribution in [0.4, 0.5) is 0 Å². The second-order valence-corrected chi connectivity index (χ2v) is 23.8. The van der Waals surface area contributed by atoms with E-state index >= 15 is 0 Å². The maximum absolute atomic E-state index is 13.3. The Bertz CT molecular complexity index is 1560. The van der Waals surface area contributed by atoms with Crippen LogP contribution in [0.3, 0.4) is 0 Å². The highest BCUT2D eigenvalue weighted by molar-refractivity contribution is 7.91. The number of carboxylic acids is 1. The molecule has 0 aromatic rings. The molecule has 1 saturated heterocycles. The van der Waals surface area contributed by atoms with Gasteiger partial charge in [0.25, 0.3) is 0 Å². The number of hydrogen-bond acceptors (Lipinski definition) is 8. The Morgan fingerprint density at radius 3 is 2.19 bits per heavy atom. The summed E-state index contributed by atoms with van der Waals surface area (Å²) in [5, 5.41) is 24.5. The highest BCUT2D eigenvalue weighted by Crippen LogP contribution is 2.76. The molecule has 6 rings (SSSR count). The van der Waals surface area contributed by atoms with Crippen LogP contribution in [0.25, 0.3) is 0 Å². The van der Waals surface area contributed by atoms with Crippen molar-refractivity contribution in [2.24, 2.45) is 56.7 Å². The maximum atomic E-state index is 13.3. The Kier molecular flexibility index (Phi) is 11.2. The van der Waals surface area contributed by atoms with E-state index in [1.165, 1.54) is 31.3 Å². The van der Waals surface area contributed by atoms with Gasteiger partial charge >= 0.3 is 11.9 Å². The number of rotatable bonds is 11. The number of aliphatic carboxylic acids is 1. The average Bonchev–Trinajstić information content (AvgIpc) is 3.42. The summed E-state index contributed by atoms with van der Waals surface area (Å²) in [5.41, 5.74) is 0.937. The molecule has 5 aliphatic carbocycles. The standard InChI is InChI=1S/C44H74N2O7S/c1-28(2)30-13-18-44(45-27-32(29(3)47)46-21-23-54(51,52)24-22-46)20-19-42(9)31(38(30)44)11-12-34-41(8)16-15-35(40(6,7)33(41)14-17-43(34,42)10)53-37(50)26-39(4,5)25-36(48)49/h29-35,38,45,47H,1,11-27H2,2-10H3,(H,48,49)/t29-,30-,31+,32-,33-,34+,35-,38+,41-,42+,43+,44-/m0/s1. The second kappa shape index (κ2) is 14.4. The third-order valence-electron chi connectivity index (χ3n) is 17.6. The van der Waals surface area contributed by atoms with E-state index in [4.69, 9.17) is 4.74 Å². The minimum absolute atomic E-state index is 0.0178. The molecule has 0 aromatic heterocycles. The molecule has 12 atom stereocenters. The van der Waals surface area contributed by atoms with Crippen LogP contribution >= 0.6 is 0 Å². The minimum atomic E-state index is -3.00. The molecule has 0 aromatic carbocycles. The highest BCUT2D eigenvalue weighted by atomic mass is 32.2. The van der Waals surface area contributed by atoms with Crippen LogP contribution in [0.15, 0.2) is 12.2 Å². The first-order valence-electron chi connectivity index (χ1n) is 21.4. The van der Waals surface area contributed by atoms with Gasteiger partial charge in [0.2, 0.25) is 0 Å². The number of aliphatic hydroxyl groups is 1. The largest absolute Gasteiger partial charge is 0.481 e. The Balaban J connectivity index is 1.22. The fourth-order valence-electron chi connectivity index (χ4n) is 14.7. The van der Waals surface area contributed by atoms with Crippen LogP contribution in [0, 0.1) is 56.7 Å². The number of nitrogens with one attached hydrogen (secondary N) is 1. The molecular weight excluding hydrogens is 701 g/mol. The number of hydrogen-bond donors (Lipinski definition) is 3. The predicted molar refractivity (Wildman–Crippen MR) is 213 cm³/mol. The summed E-state index contributed by atoms with van der Waals surface area (Å²) >= 11 is 0. The first-order valence-corrected chi connectivity index (χ1v) is 23.2. The molecule has 6 fully saturated rings. The van der Waals surface area contributed by atoms with Gasteiger partial charge in [-0.2, -0.15) is 0 Å². The molecule has 9 nitrogen and oxygen atoms in total. The van der Waals surface area contributed by atoms with Crippen molar-refractivity contribution in [1.29, 1.82) is 0 Å². The summed E-state index contributed by atoms with van der Waals surface area (Å²) in [4.78, 5) is 26.9. The van der Waals surface area contributed by atoms with Crippen molar-refractivity contribution in [3.63, 3.8) is 0 Å². The lowest BCUT2D eigenvalue weighted by molar-refractivity contribution is -0.246. The summed E-state index contributed by atoms with van der Waals surface area (Å²) in [6, 6.07) is -0.120. The third kappa shape index (κ3) is 7.16. The number of nitrogens with zero attached hydrogens (tertiary/aromatic N) is 1. The smallest absolute Gasteiger partial charge is 0.306 e. The van der Waals surface area contributed by atoms with E-state index < -0.39 is 27.3 Å². The first kappa shape index (κ1) is 42.1. The molecular formula is C44H74N2O7S. The van der Waals surface area contributed by atoms with Gasteiger partial charge in [0.1, 0.15) is 6.10 Å². The summed E-state index contributed by atoms with van der Waals surface area (Å²) in [5.74, 6) is 1.68. The van der Waals surface area contributed by atoms with Crippen molar-refractivity contribution < 1.29 is 33.0 Å². The summed E-state index contributed by atoms with van der Waals surface area (Å²) < 4.78 is 30.8. The molecule has 1 aliphatic heterocycles. The van der Waals surface area contributed by atoms with Crippen LogP contribution in [0.1, 0.15) is 139 Å². The van der Waals surface area contributed by atoms with E-state index in [0.717, 1.165) is 38.5 Å². The molecule has 6 aliphatic rings. The molecule has 54 heavy (non-hydrogen) atoms. The molecule has 5 saturated carbocycles. The van der Waals surface area contributed by atoms with Gasteiger partial charge in [0.15, 0.2) is 9.84 Å². The third-order valence-corrected chi connectivity index (χ3v) is 19.2. The zero-order valence-electron chi connectivity index (χ0n) is 35.1. The summed E-state index contributed by atoms with van der Waals surface area (Å²) in [6.07, 6.45) is 10.5. The molecule has 308 valence electrons. The monoisotopic (exact) mass is 775 g/mol. The zero-order chi connectivity index (χ0) is 39.9. The van der Waals surface area contributed by atoms with Gasteiger partial charge in [0, 0.05) is 36.6 Å². The van der Waals surface area contributed by atoms with Gasteiger partial charge in [-0.25, -0.2) is 8.42 Å². The predicted octanol–water partition coefficient (Wildman–Crippen LogP) is 7.27. The van der Waals surface area contributed by atoms with Gasteiger partial charge < -0.3 is 20.3 Å². The molecule has 0 spiro atoms. The van der Waals surface area contributed by atoms with Gasteiger partial charge in [-0.15, -0.1) is 0 Å². The van der Waals surface area contributed by atoms with Crippen LogP contribution in [-0.4, -0.2) is 90.4 Å². The quantitative estimate of drug-likeness (QED) is 0.147. The Morgan fingerprint density at radius 1 is 0.907 bits per heavy atom. The topological polar surface area (TPSA) is 133 Å². The fraction of sp³-hybridized carbons (Fsp3) is 0.909. The number of fused-ring (bicyclic) bond motifs is 7. The Labute approximate surface area is 327 Å². The van der Waals surface area contributed by atoms with E-state index in [9.17, 15) is 28.2 Å². The van der Waals surface area contributed by atoms with Gasteiger partial charge in [-0.3, -0.25) is 14.5 Å². The van der Waals surface area contributed by atoms with Crippen LogP contribution in [0.5, 0.6) is 0 Å². The highest BCUT2D eigenvalue weighted by Gasteiger charge is 2.71. The molecule has 0 amide bonds. The lowest BCUT2D eigenvalue weighted by atomic mass is 9.32. The SMILES string of the molecule is C=C(C)[C@@H]1CC[C@]2(NC[C@@H]([C@H](C)O)N3CCS(=O)(=O)CC3)CC[C@]3(C)[C@H](CC[C@@H]4[C@@]5(C)CC[C@H](OC(=O)CC(C)(C)CC(=O)O)C(C)(C)[C@@H]5CC[C@]43C)[C@@H]12. The number of sulfone groups is 1. The summed E-state index contributed by atoms with van der Waals surface area (Å²) in [7, 11) is -3.00. The molecule has 0 bridgehead atoms. The number of carbonyl (C=O) groups is 2. The van der Waals surface area contributed by atoms with Crippen molar-refractivity contribution in [2.45, 2.75) is 163 Å². The number of carboxylic acid groups (broad SMARTS) is 1. The molecule has 1 heterocycles. The maximum Gasteiger partial charge on any atom is 0.306 e. The number of ether oxygens (including phenoxy) is 1. The second-order valence-electron chi connectivity index (χ2n) is 21.5. The lowest BCUT2D eigenvalue weighted by Crippen LogP contribution is -2.69. The molecule has 0 radical (unpaired) electrons. The number of esters is 1. The van der Waals surface area contributed by atoms with Crippen molar-refractivity contribution >= 4 is 21.8 Å². The fourth-order valence-corrected chi connectivity index (χ4v) is 15.9. The van der Waals surface area contributed by atoms with E-state index in [1.807, 2.05) is 20.8 Å². The Hall–Kier alpha value is -1.49. The van der Waals surface area contributed by atoms with E-state index in [1.54, 1.807) is 0 Å². The van der Waals surface area contributed by atoms with Gasteiger partial charge in [-0.05, 0) is 129 Å². The zero-order valence-corrected chi connectivity index (χ0v) is 36.0. The number of allylic oxidation sites excluding steroid dienone is 1. The van der Waals surface area contributed by atoms with E-state index in [-0.39, 0.29) is 69.7 Å².